The molecule has 2 aliphatic rings. The van der Waals surface area contributed by atoms with Crippen LogP contribution in [0.3, 0.4) is 0 Å². The van der Waals surface area contributed by atoms with Gasteiger partial charge in [0.15, 0.2) is 10.3 Å². The maximum atomic E-state index is 12.9. The summed E-state index contributed by atoms with van der Waals surface area (Å²) in [6.07, 6.45) is 0. The smallest absolute Gasteiger partial charge is 0.243 e. The summed E-state index contributed by atoms with van der Waals surface area (Å²) in [6.45, 7) is 4.02. The van der Waals surface area contributed by atoms with E-state index in [2.05, 4.69) is 44.0 Å². The zero-order valence-corrected chi connectivity index (χ0v) is 27.5. The fourth-order valence-electron chi connectivity index (χ4n) is 4.79. The highest BCUT2D eigenvalue weighted by molar-refractivity contribution is 9.10. The van der Waals surface area contributed by atoms with Crippen molar-refractivity contribution >= 4 is 100 Å². The quantitative estimate of drug-likeness (QED) is 0.207. The summed E-state index contributed by atoms with van der Waals surface area (Å²) < 4.78 is 1.96. The van der Waals surface area contributed by atoms with E-state index >= 15 is 0 Å². The van der Waals surface area contributed by atoms with Crippen LogP contribution in [0.5, 0.6) is 0 Å². The van der Waals surface area contributed by atoms with Gasteiger partial charge in [0.2, 0.25) is 11.8 Å². The fourth-order valence-corrected chi connectivity index (χ4v) is 7.08. The van der Waals surface area contributed by atoms with Crippen molar-refractivity contribution in [3.63, 3.8) is 0 Å². The Labute approximate surface area is 269 Å². The lowest BCUT2D eigenvalue weighted by Crippen LogP contribution is -2.29. The van der Waals surface area contributed by atoms with Crippen molar-refractivity contribution in [1.82, 2.24) is 0 Å². The van der Waals surface area contributed by atoms with Gasteiger partial charge < -0.3 is 0 Å². The number of halogens is 2. The Kier molecular flexibility index (Phi) is 8.40. The molecule has 42 heavy (non-hydrogen) atoms. The molecule has 0 unspecified atom stereocenters. The lowest BCUT2D eigenvalue weighted by molar-refractivity contribution is -0.115. The molecule has 0 N–H and O–H groups in total. The summed E-state index contributed by atoms with van der Waals surface area (Å²) >= 11 is 9.80. The summed E-state index contributed by atoms with van der Waals surface area (Å²) in [5, 5.41) is 1.35. The first-order chi connectivity index (χ1) is 20.3. The third-order valence-electron chi connectivity index (χ3n) is 6.84. The number of nitrogens with zero attached hydrogens (tertiary/aromatic N) is 4. The molecule has 0 bridgehead atoms. The van der Waals surface area contributed by atoms with Gasteiger partial charge in [0.1, 0.15) is 0 Å². The zero-order valence-electron chi connectivity index (χ0n) is 22.7. The van der Waals surface area contributed by atoms with Crippen molar-refractivity contribution < 1.29 is 9.59 Å². The highest BCUT2D eigenvalue weighted by Gasteiger charge is 2.32. The van der Waals surface area contributed by atoms with E-state index in [0.717, 1.165) is 53.9 Å². The maximum Gasteiger partial charge on any atom is 0.243 e. The van der Waals surface area contributed by atoms with E-state index < -0.39 is 0 Å². The van der Waals surface area contributed by atoms with E-state index in [4.69, 9.17) is 9.98 Å². The number of benzene rings is 4. The van der Waals surface area contributed by atoms with E-state index in [9.17, 15) is 9.59 Å². The molecular formula is C32H24Br2N4O2S2. The van der Waals surface area contributed by atoms with Crippen LogP contribution in [0.1, 0.15) is 11.1 Å². The number of aryl methyl sites for hydroxylation is 2. The van der Waals surface area contributed by atoms with Crippen molar-refractivity contribution in [2.24, 2.45) is 9.98 Å². The molecule has 0 saturated carbocycles. The number of anilines is 2. The van der Waals surface area contributed by atoms with Gasteiger partial charge in [-0.2, -0.15) is 0 Å². The SMILES string of the molecule is Cc1cc(-c2ccc(N3C(=O)CSC3=Nc3ccc(Br)cc3)c(C)c2)ccc1N1C(=O)CSC1=Nc1ccc(Br)cc1. The largest absolute Gasteiger partial charge is 0.273 e. The molecule has 0 spiro atoms. The minimum Gasteiger partial charge on any atom is -0.273 e. The summed E-state index contributed by atoms with van der Waals surface area (Å²) in [4.78, 5) is 38.7. The first-order valence-corrected chi connectivity index (χ1v) is 16.6. The van der Waals surface area contributed by atoms with Crippen molar-refractivity contribution in [2.75, 3.05) is 21.3 Å². The minimum atomic E-state index is 0.0145. The van der Waals surface area contributed by atoms with Gasteiger partial charge in [-0.25, -0.2) is 9.98 Å². The second kappa shape index (κ2) is 12.2. The van der Waals surface area contributed by atoms with Crippen LogP contribution in [-0.2, 0) is 9.59 Å². The van der Waals surface area contributed by atoms with Gasteiger partial charge >= 0.3 is 0 Å². The highest BCUT2D eigenvalue weighted by atomic mass is 79.9. The lowest BCUT2D eigenvalue weighted by atomic mass is 9.99. The second-order valence-electron chi connectivity index (χ2n) is 9.78. The van der Waals surface area contributed by atoms with E-state index in [1.54, 1.807) is 9.80 Å². The molecule has 2 heterocycles. The molecule has 2 amide bonds. The van der Waals surface area contributed by atoms with Crippen molar-refractivity contribution in [3.8, 4) is 11.1 Å². The highest BCUT2D eigenvalue weighted by Crippen LogP contribution is 2.36. The summed E-state index contributed by atoms with van der Waals surface area (Å²) in [5.41, 5.74) is 7.25. The van der Waals surface area contributed by atoms with Crippen LogP contribution in [0, 0.1) is 13.8 Å². The third-order valence-corrected chi connectivity index (χ3v) is 9.75. The number of aliphatic imine (C=N–C) groups is 2. The van der Waals surface area contributed by atoms with Gasteiger partial charge in [-0.3, -0.25) is 19.4 Å². The van der Waals surface area contributed by atoms with Gasteiger partial charge in [0, 0.05) is 8.95 Å². The van der Waals surface area contributed by atoms with Gasteiger partial charge in [0.05, 0.1) is 34.3 Å². The number of carbonyl (C=O) groups excluding carboxylic acids is 2. The summed E-state index contributed by atoms with van der Waals surface area (Å²) in [6, 6.07) is 27.6. The van der Waals surface area contributed by atoms with Crippen LogP contribution in [0.25, 0.3) is 11.1 Å². The molecule has 0 atom stereocenters. The Hall–Kier alpha value is -3.18. The average molecular weight is 721 g/mol. The Bertz CT molecular complexity index is 1640. The van der Waals surface area contributed by atoms with E-state index in [0.29, 0.717) is 21.8 Å². The standard InChI is InChI=1S/C32H24Br2N4O2S2/c1-19-15-21(3-13-27(19)37-29(39)17-41-31(37)35-25-9-5-23(33)6-10-25)22-4-14-28(20(2)16-22)38-30(40)18-42-32(38)36-26-11-7-24(34)8-12-26/h3-16H,17-18H2,1-2H3. The molecule has 210 valence electrons. The molecule has 0 radical (unpaired) electrons. The molecule has 10 heteroatoms. The number of amides is 2. The number of rotatable bonds is 5. The second-order valence-corrected chi connectivity index (χ2v) is 13.5. The van der Waals surface area contributed by atoms with Gasteiger partial charge in [-0.15, -0.1) is 0 Å². The number of carbonyl (C=O) groups is 2. The molecule has 0 aliphatic carbocycles. The van der Waals surface area contributed by atoms with Gasteiger partial charge in [0.25, 0.3) is 0 Å². The molecule has 4 aromatic rings. The number of hydrogen-bond donors (Lipinski definition) is 0. The van der Waals surface area contributed by atoms with Crippen molar-refractivity contribution in [1.29, 1.82) is 0 Å². The van der Waals surface area contributed by atoms with Crippen LogP contribution in [-0.4, -0.2) is 33.7 Å². The minimum absolute atomic E-state index is 0.0145. The summed E-state index contributed by atoms with van der Waals surface area (Å²) in [7, 11) is 0. The van der Waals surface area contributed by atoms with Crippen LogP contribution in [0.15, 0.2) is 104 Å². The molecule has 4 aromatic carbocycles. The molecule has 2 aliphatic heterocycles. The first-order valence-electron chi connectivity index (χ1n) is 13.1. The molecule has 2 fully saturated rings. The topological polar surface area (TPSA) is 65.3 Å². The van der Waals surface area contributed by atoms with E-state index in [-0.39, 0.29) is 11.8 Å². The van der Waals surface area contributed by atoms with Crippen molar-refractivity contribution in [3.05, 3.63) is 105 Å². The van der Waals surface area contributed by atoms with E-state index in [1.165, 1.54) is 23.5 Å². The van der Waals surface area contributed by atoms with Crippen LogP contribution >= 0.6 is 55.4 Å². The zero-order chi connectivity index (χ0) is 29.4. The molecule has 0 aromatic heterocycles. The Morgan fingerprint density at radius 3 is 1.33 bits per heavy atom. The average Bonchev–Trinajstić information content (AvgIpc) is 3.52. The summed E-state index contributed by atoms with van der Waals surface area (Å²) in [5.74, 6) is 0.747. The van der Waals surface area contributed by atoms with Crippen molar-refractivity contribution in [2.45, 2.75) is 13.8 Å². The maximum absolute atomic E-state index is 12.9. The Balaban J connectivity index is 1.28. The molecule has 2 saturated heterocycles. The predicted molar refractivity (Wildman–Crippen MR) is 184 cm³/mol. The number of hydrogen-bond acceptors (Lipinski definition) is 6. The van der Waals surface area contributed by atoms with Crippen LogP contribution in [0.2, 0.25) is 0 Å². The van der Waals surface area contributed by atoms with E-state index in [1.807, 2.05) is 86.6 Å². The Morgan fingerprint density at radius 2 is 0.976 bits per heavy atom. The van der Waals surface area contributed by atoms with Gasteiger partial charge in [-0.1, -0.05) is 67.5 Å². The monoisotopic (exact) mass is 718 g/mol. The Morgan fingerprint density at radius 1 is 0.595 bits per heavy atom. The van der Waals surface area contributed by atoms with Gasteiger partial charge in [-0.05, 0) is 109 Å². The third kappa shape index (κ3) is 5.99. The predicted octanol–water partition coefficient (Wildman–Crippen LogP) is 9.03. The lowest BCUT2D eigenvalue weighted by Gasteiger charge is -2.21. The molecule has 6 rings (SSSR count). The first kappa shape index (κ1) is 28.9. The number of thioether (sulfide) groups is 2. The molecule has 6 nitrogen and oxygen atoms in total. The normalized spacial score (nSPS) is 17.2. The van der Waals surface area contributed by atoms with Crippen LogP contribution in [0.4, 0.5) is 22.7 Å². The van der Waals surface area contributed by atoms with Crippen LogP contribution < -0.4 is 9.80 Å². The number of amidine groups is 2. The fraction of sp³-hybridized carbons (Fsp3) is 0.125. The molecular weight excluding hydrogens is 696 g/mol.